The molecular weight excluding hydrogens is 330 g/mol. The van der Waals surface area contributed by atoms with Crippen molar-refractivity contribution < 1.29 is 4.79 Å². The van der Waals surface area contributed by atoms with Gasteiger partial charge >= 0.3 is 0 Å². The number of thioether (sulfide) groups is 1. The van der Waals surface area contributed by atoms with Crippen molar-refractivity contribution in [3.63, 3.8) is 0 Å². The Balaban J connectivity index is 1.56. The van der Waals surface area contributed by atoms with Crippen LogP contribution >= 0.6 is 11.8 Å². The maximum atomic E-state index is 12.5. The van der Waals surface area contributed by atoms with E-state index in [4.69, 9.17) is 0 Å². The van der Waals surface area contributed by atoms with E-state index in [9.17, 15) is 4.79 Å². The summed E-state index contributed by atoms with van der Waals surface area (Å²) in [5.41, 5.74) is 3.39. The minimum atomic E-state index is 0.224. The quantitative estimate of drug-likeness (QED) is 0.826. The lowest BCUT2D eigenvalue weighted by atomic mass is 9.92. The van der Waals surface area contributed by atoms with Gasteiger partial charge in [0.25, 0.3) is 0 Å². The van der Waals surface area contributed by atoms with Crippen LogP contribution < -0.4 is 0 Å². The van der Waals surface area contributed by atoms with Gasteiger partial charge in [-0.1, -0.05) is 55.9 Å². The Morgan fingerprint density at radius 2 is 1.92 bits per heavy atom. The van der Waals surface area contributed by atoms with E-state index in [-0.39, 0.29) is 5.91 Å². The third-order valence-corrected chi connectivity index (χ3v) is 5.59. The third kappa shape index (κ3) is 4.88. The zero-order valence-corrected chi connectivity index (χ0v) is 16.1. The van der Waals surface area contributed by atoms with E-state index < -0.39 is 0 Å². The number of amides is 1. The highest BCUT2D eigenvalue weighted by Gasteiger charge is 2.25. The number of aromatic amines is 1. The zero-order chi connectivity index (χ0) is 17.8. The number of piperidine rings is 1. The van der Waals surface area contributed by atoms with E-state index in [1.54, 1.807) is 0 Å². The molecule has 4 nitrogen and oxygen atoms in total. The van der Waals surface area contributed by atoms with E-state index in [1.807, 2.05) is 30.0 Å². The van der Waals surface area contributed by atoms with Crippen molar-refractivity contribution in [2.45, 2.75) is 38.8 Å². The number of hydrogen-bond acceptors (Lipinski definition) is 3. The highest BCUT2D eigenvalue weighted by molar-refractivity contribution is 7.99. The van der Waals surface area contributed by atoms with Crippen molar-refractivity contribution in [2.24, 2.45) is 11.8 Å². The molecule has 1 N–H and O–H groups in total. The normalized spacial score (nSPS) is 20.7. The molecule has 2 aromatic rings. The SMILES string of the molecule is Cc1[nH]c(SCC(=O)N2CC(C)CC(C)C2)nc1Cc1ccccc1. The second-order valence-corrected chi connectivity index (χ2v) is 8.27. The summed E-state index contributed by atoms with van der Waals surface area (Å²) in [6.07, 6.45) is 2.04. The summed E-state index contributed by atoms with van der Waals surface area (Å²) >= 11 is 1.51. The number of nitrogens with zero attached hydrogens (tertiary/aromatic N) is 2. The second kappa shape index (κ2) is 8.09. The van der Waals surface area contributed by atoms with E-state index in [0.717, 1.165) is 36.1 Å². The molecule has 25 heavy (non-hydrogen) atoms. The van der Waals surface area contributed by atoms with Crippen LogP contribution in [0.2, 0.25) is 0 Å². The molecule has 3 rings (SSSR count). The van der Waals surface area contributed by atoms with Gasteiger partial charge in [-0.3, -0.25) is 4.79 Å². The number of hydrogen-bond donors (Lipinski definition) is 1. The summed E-state index contributed by atoms with van der Waals surface area (Å²) in [7, 11) is 0. The van der Waals surface area contributed by atoms with Gasteiger partial charge in [0.2, 0.25) is 5.91 Å². The first-order valence-electron chi connectivity index (χ1n) is 9.01. The summed E-state index contributed by atoms with van der Waals surface area (Å²) in [5.74, 6) is 1.88. The molecule has 0 bridgehead atoms. The van der Waals surface area contributed by atoms with Gasteiger partial charge in [-0.15, -0.1) is 0 Å². The summed E-state index contributed by atoms with van der Waals surface area (Å²) in [4.78, 5) is 22.5. The number of benzene rings is 1. The van der Waals surface area contributed by atoms with E-state index >= 15 is 0 Å². The summed E-state index contributed by atoms with van der Waals surface area (Å²) < 4.78 is 0. The third-order valence-electron chi connectivity index (χ3n) is 4.73. The number of rotatable bonds is 5. The van der Waals surface area contributed by atoms with Crippen LogP contribution in [0.5, 0.6) is 0 Å². The maximum absolute atomic E-state index is 12.5. The van der Waals surface area contributed by atoms with Crippen molar-refractivity contribution >= 4 is 17.7 Å². The van der Waals surface area contributed by atoms with Crippen LogP contribution in [-0.2, 0) is 11.2 Å². The molecule has 1 amide bonds. The predicted octanol–water partition coefficient (Wildman–Crippen LogP) is 3.91. The fraction of sp³-hybridized carbons (Fsp3) is 0.500. The van der Waals surface area contributed by atoms with Crippen LogP contribution in [-0.4, -0.2) is 39.6 Å². The van der Waals surface area contributed by atoms with Gasteiger partial charge in [0.1, 0.15) is 0 Å². The summed E-state index contributed by atoms with van der Waals surface area (Å²) in [5, 5.41) is 0.842. The fourth-order valence-electron chi connectivity index (χ4n) is 3.58. The van der Waals surface area contributed by atoms with Gasteiger partial charge in [-0.05, 0) is 30.7 Å². The first-order valence-corrected chi connectivity index (χ1v) is 9.99. The van der Waals surface area contributed by atoms with Crippen molar-refractivity contribution in [1.29, 1.82) is 0 Å². The number of nitrogens with one attached hydrogen (secondary N) is 1. The van der Waals surface area contributed by atoms with Gasteiger partial charge in [-0.2, -0.15) is 0 Å². The molecule has 0 aliphatic carbocycles. The van der Waals surface area contributed by atoms with Crippen molar-refractivity contribution in [2.75, 3.05) is 18.8 Å². The van der Waals surface area contributed by atoms with Crippen molar-refractivity contribution in [3.05, 3.63) is 47.3 Å². The molecule has 0 spiro atoms. The van der Waals surface area contributed by atoms with Crippen LogP contribution in [0, 0.1) is 18.8 Å². The van der Waals surface area contributed by atoms with Crippen LogP contribution in [0.25, 0.3) is 0 Å². The van der Waals surface area contributed by atoms with Gasteiger partial charge < -0.3 is 9.88 Å². The summed E-state index contributed by atoms with van der Waals surface area (Å²) in [6, 6.07) is 10.3. The van der Waals surface area contributed by atoms with Crippen LogP contribution in [0.1, 0.15) is 37.2 Å². The number of aryl methyl sites for hydroxylation is 1. The van der Waals surface area contributed by atoms with Gasteiger partial charge in [0, 0.05) is 25.2 Å². The molecule has 1 aromatic carbocycles. The van der Waals surface area contributed by atoms with E-state index in [1.165, 1.54) is 23.7 Å². The van der Waals surface area contributed by atoms with Crippen LogP contribution in [0.3, 0.4) is 0 Å². The Morgan fingerprint density at radius 1 is 1.24 bits per heavy atom. The van der Waals surface area contributed by atoms with Gasteiger partial charge in [-0.25, -0.2) is 4.98 Å². The number of carbonyl (C=O) groups excluding carboxylic acids is 1. The van der Waals surface area contributed by atoms with E-state index in [0.29, 0.717) is 17.6 Å². The fourth-order valence-corrected chi connectivity index (χ4v) is 4.43. The molecular formula is C20H27N3OS. The average Bonchev–Trinajstić information content (AvgIpc) is 2.92. The Labute approximate surface area is 154 Å². The zero-order valence-electron chi connectivity index (χ0n) is 15.3. The van der Waals surface area contributed by atoms with Gasteiger partial charge in [0.15, 0.2) is 5.16 Å². The lowest BCUT2D eigenvalue weighted by Gasteiger charge is -2.34. The molecule has 1 saturated heterocycles. The Kier molecular flexibility index (Phi) is 5.84. The smallest absolute Gasteiger partial charge is 0.233 e. The Bertz CT molecular complexity index is 703. The van der Waals surface area contributed by atoms with E-state index in [2.05, 4.69) is 35.9 Å². The molecule has 1 aromatic heterocycles. The average molecular weight is 358 g/mol. The molecule has 1 aliphatic rings. The second-order valence-electron chi connectivity index (χ2n) is 7.31. The first-order chi connectivity index (χ1) is 12.0. The highest BCUT2D eigenvalue weighted by atomic mass is 32.2. The van der Waals surface area contributed by atoms with Crippen LogP contribution in [0.4, 0.5) is 0 Å². The number of imidazole rings is 1. The minimum Gasteiger partial charge on any atom is -0.341 e. The predicted molar refractivity (Wildman–Crippen MR) is 103 cm³/mol. The Hall–Kier alpha value is -1.75. The number of carbonyl (C=O) groups is 1. The number of likely N-dealkylation sites (tertiary alicyclic amines) is 1. The molecule has 1 fully saturated rings. The molecule has 2 unspecified atom stereocenters. The Morgan fingerprint density at radius 3 is 2.60 bits per heavy atom. The lowest BCUT2D eigenvalue weighted by Crippen LogP contribution is -2.43. The first kappa shape index (κ1) is 18.1. The van der Waals surface area contributed by atoms with Crippen molar-refractivity contribution in [1.82, 2.24) is 14.9 Å². The lowest BCUT2D eigenvalue weighted by molar-refractivity contribution is -0.130. The molecule has 2 heterocycles. The topological polar surface area (TPSA) is 49.0 Å². The molecule has 0 radical (unpaired) electrons. The summed E-state index contributed by atoms with van der Waals surface area (Å²) in [6.45, 7) is 8.29. The highest BCUT2D eigenvalue weighted by Crippen LogP contribution is 2.23. The monoisotopic (exact) mass is 357 g/mol. The van der Waals surface area contributed by atoms with Crippen molar-refractivity contribution in [3.8, 4) is 0 Å². The molecule has 5 heteroatoms. The molecule has 1 aliphatic heterocycles. The molecule has 0 saturated carbocycles. The van der Waals surface area contributed by atoms with Gasteiger partial charge in [0.05, 0.1) is 11.4 Å². The standard InChI is InChI=1S/C20H27N3OS/c1-14-9-15(2)12-23(11-14)19(24)13-25-20-21-16(3)18(22-20)10-17-7-5-4-6-8-17/h4-8,14-15H,9-13H2,1-3H3,(H,21,22). The largest absolute Gasteiger partial charge is 0.341 e. The number of H-pyrrole nitrogens is 1. The molecule has 134 valence electrons. The minimum absolute atomic E-state index is 0.224. The maximum Gasteiger partial charge on any atom is 0.233 e. The number of aromatic nitrogens is 2. The molecule has 2 atom stereocenters. The van der Waals surface area contributed by atoms with Crippen LogP contribution in [0.15, 0.2) is 35.5 Å².